The molecule has 0 spiro atoms. The molecule has 2 nitrogen and oxygen atoms in total. The lowest BCUT2D eigenvalue weighted by Gasteiger charge is -2.31. The van der Waals surface area contributed by atoms with Gasteiger partial charge in [0.05, 0.1) is 16.7 Å². The molecular formula is C55H56N2. The second-order valence-corrected chi connectivity index (χ2v) is 20.0. The Kier molecular flexibility index (Phi) is 8.25. The van der Waals surface area contributed by atoms with E-state index in [0.717, 1.165) is 5.69 Å². The molecule has 0 aliphatic heterocycles. The zero-order valence-corrected chi connectivity index (χ0v) is 35.7. The number of benzene rings is 7. The summed E-state index contributed by atoms with van der Waals surface area (Å²) in [6.07, 6.45) is 0. The predicted molar refractivity (Wildman–Crippen MR) is 247 cm³/mol. The van der Waals surface area contributed by atoms with E-state index in [1.54, 1.807) is 0 Å². The van der Waals surface area contributed by atoms with Crippen LogP contribution in [0.15, 0.2) is 140 Å². The summed E-state index contributed by atoms with van der Waals surface area (Å²) in [7, 11) is 0. The van der Waals surface area contributed by atoms with Crippen LogP contribution in [0, 0.1) is 0 Å². The summed E-state index contributed by atoms with van der Waals surface area (Å²) in [5.74, 6) is 0. The summed E-state index contributed by atoms with van der Waals surface area (Å²) in [6, 6.07) is 53.0. The molecule has 9 rings (SSSR count). The van der Waals surface area contributed by atoms with E-state index >= 15 is 0 Å². The topological polar surface area (TPSA) is 8.17 Å². The van der Waals surface area contributed by atoms with Gasteiger partial charge in [-0.1, -0.05) is 149 Å². The molecule has 0 fully saturated rings. The number of aromatic nitrogens is 1. The second kappa shape index (κ2) is 12.7. The quantitative estimate of drug-likeness (QED) is 0.174. The van der Waals surface area contributed by atoms with Crippen LogP contribution in [-0.2, 0) is 21.7 Å². The molecule has 2 heteroatoms. The largest absolute Gasteiger partial charge is 0.310 e. The number of hydrogen-bond donors (Lipinski definition) is 0. The van der Waals surface area contributed by atoms with Crippen molar-refractivity contribution in [2.24, 2.45) is 0 Å². The van der Waals surface area contributed by atoms with Gasteiger partial charge in [-0.3, -0.25) is 0 Å². The van der Waals surface area contributed by atoms with Gasteiger partial charge in [-0.05, 0) is 127 Å². The van der Waals surface area contributed by atoms with Gasteiger partial charge >= 0.3 is 0 Å². The minimum Gasteiger partial charge on any atom is -0.310 e. The molecule has 0 radical (unpaired) electrons. The highest BCUT2D eigenvalue weighted by atomic mass is 15.1. The van der Waals surface area contributed by atoms with Gasteiger partial charge in [0.15, 0.2) is 0 Å². The Morgan fingerprint density at radius 2 is 0.982 bits per heavy atom. The summed E-state index contributed by atoms with van der Waals surface area (Å²) < 4.78 is 2.51. The Morgan fingerprint density at radius 3 is 1.58 bits per heavy atom. The molecule has 1 aliphatic rings. The predicted octanol–water partition coefficient (Wildman–Crippen LogP) is 15.6. The summed E-state index contributed by atoms with van der Waals surface area (Å²) >= 11 is 0. The number of para-hydroxylation sites is 1. The van der Waals surface area contributed by atoms with Gasteiger partial charge in [-0.15, -0.1) is 0 Å². The molecule has 0 saturated carbocycles. The first-order valence-corrected chi connectivity index (χ1v) is 20.7. The van der Waals surface area contributed by atoms with E-state index in [1.165, 1.54) is 88.6 Å². The Balaban J connectivity index is 1.27. The lowest BCUT2D eigenvalue weighted by Crippen LogP contribution is -2.18. The van der Waals surface area contributed by atoms with E-state index in [0.29, 0.717) is 0 Å². The maximum atomic E-state index is 2.51. The van der Waals surface area contributed by atoms with Crippen molar-refractivity contribution < 1.29 is 0 Å². The average Bonchev–Trinajstić information content (AvgIpc) is 3.61. The van der Waals surface area contributed by atoms with E-state index in [9.17, 15) is 0 Å². The first-order valence-electron chi connectivity index (χ1n) is 20.7. The number of anilines is 3. The van der Waals surface area contributed by atoms with Crippen LogP contribution in [0.2, 0.25) is 0 Å². The van der Waals surface area contributed by atoms with Crippen molar-refractivity contribution in [3.63, 3.8) is 0 Å². The van der Waals surface area contributed by atoms with Crippen molar-refractivity contribution in [2.75, 3.05) is 4.90 Å². The summed E-state index contributed by atoms with van der Waals surface area (Å²) in [4.78, 5) is 2.47. The van der Waals surface area contributed by atoms with Crippen molar-refractivity contribution in [3.05, 3.63) is 167 Å². The number of fused-ring (bicyclic) bond motifs is 8. The van der Waals surface area contributed by atoms with Crippen molar-refractivity contribution in [2.45, 2.75) is 97.8 Å². The third-order valence-corrected chi connectivity index (χ3v) is 12.6. The molecule has 0 saturated heterocycles. The van der Waals surface area contributed by atoms with E-state index < -0.39 is 0 Å². The molecule has 0 bridgehead atoms. The minimum atomic E-state index is -0.243. The van der Waals surface area contributed by atoms with Crippen LogP contribution in [0.25, 0.3) is 49.4 Å². The maximum absolute atomic E-state index is 2.51. The molecule has 1 aromatic heterocycles. The lowest BCUT2D eigenvalue weighted by molar-refractivity contribution is 0.590. The van der Waals surface area contributed by atoms with Crippen molar-refractivity contribution in [3.8, 4) is 16.8 Å². The molecule has 0 atom stereocenters. The van der Waals surface area contributed by atoms with Crippen molar-refractivity contribution in [1.29, 1.82) is 0 Å². The minimum absolute atomic E-state index is 0.0276. The molecule has 1 aliphatic carbocycles. The van der Waals surface area contributed by atoms with Crippen LogP contribution < -0.4 is 4.90 Å². The molecule has 0 amide bonds. The van der Waals surface area contributed by atoms with Crippen molar-refractivity contribution >= 4 is 49.6 Å². The van der Waals surface area contributed by atoms with Crippen LogP contribution in [0.5, 0.6) is 0 Å². The van der Waals surface area contributed by atoms with Crippen LogP contribution >= 0.6 is 0 Å². The molecule has 286 valence electrons. The van der Waals surface area contributed by atoms with Gasteiger partial charge in [-0.25, -0.2) is 0 Å². The van der Waals surface area contributed by atoms with E-state index in [4.69, 9.17) is 0 Å². The highest BCUT2D eigenvalue weighted by molar-refractivity contribution is 6.12. The fourth-order valence-electron chi connectivity index (χ4n) is 9.23. The second-order valence-electron chi connectivity index (χ2n) is 20.0. The average molecular weight is 745 g/mol. The zero-order chi connectivity index (χ0) is 40.2. The number of rotatable bonds is 4. The molecule has 7 aromatic carbocycles. The molecule has 57 heavy (non-hydrogen) atoms. The molecule has 8 aromatic rings. The zero-order valence-electron chi connectivity index (χ0n) is 35.7. The Hall–Kier alpha value is -5.60. The van der Waals surface area contributed by atoms with Gasteiger partial charge in [0.25, 0.3) is 0 Å². The van der Waals surface area contributed by atoms with Crippen LogP contribution in [0.1, 0.15) is 104 Å². The fourth-order valence-corrected chi connectivity index (χ4v) is 9.23. The fraction of sp³-hybridized carbons (Fsp3) is 0.273. The van der Waals surface area contributed by atoms with E-state index in [-0.39, 0.29) is 21.7 Å². The first-order chi connectivity index (χ1) is 26.9. The SMILES string of the molecule is CC(C)(C)c1cccc(N(c2ccccc2)c2cc3c(c4ccccc24)-c2ccc(-n4c5ccc(C(C)(C)C)cc5c5cc(C(C)(C)C)ccc54)cc2C3(C)C)c1. The Morgan fingerprint density at radius 1 is 0.439 bits per heavy atom. The third kappa shape index (κ3) is 5.99. The Labute approximate surface area is 339 Å². The molecular weight excluding hydrogens is 689 g/mol. The van der Waals surface area contributed by atoms with Gasteiger partial charge in [0.1, 0.15) is 0 Å². The standard InChI is InChI=1S/C55H56N2/c1-52(2,3)35-18-17-21-39(30-35)56(38-19-13-12-14-20-38)50-34-47-51(42-23-16-15-22-41(42)50)43-27-26-40(33-46(43)55(47,10)11)57-48-28-24-36(53(4,5)6)31-44(48)45-32-37(54(7,8)9)25-29-49(45)57/h12-34H,1-11H3. The third-order valence-electron chi connectivity index (χ3n) is 12.6. The molecule has 0 unspecified atom stereocenters. The number of nitrogens with zero attached hydrogens (tertiary/aromatic N) is 2. The van der Waals surface area contributed by atoms with Crippen molar-refractivity contribution in [1.82, 2.24) is 4.57 Å². The normalized spacial score (nSPS) is 14.0. The van der Waals surface area contributed by atoms with Gasteiger partial charge < -0.3 is 9.47 Å². The van der Waals surface area contributed by atoms with E-state index in [2.05, 4.69) is 225 Å². The van der Waals surface area contributed by atoms with E-state index in [1.807, 2.05) is 0 Å². The Bertz CT molecular complexity index is 2790. The smallest absolute Gasteiger partial charge is 0.0543 e. The highest BCUT2D eigenvalue weighted by Crippen LogP contribution is 2.55. The molecule has 1 heterocycles. The van der Waals surface area contributed by atoms with Crippen LogP contribution in [0.4, 0.5) is 17.1 Å². The highest BCUT2D eigenvalue weighted by Gasteiger charge is 2.38. The summed E-state index contributed by atoms with van der Waals surface area (Å²) in [5.41, 5.74) is 16.6. The first kappa shape index (κ1) is 37.0. The summed E-state index contributed by atoms with van der Waals surface area (Å²) in [6.45, 7) is 25.6. The summed E-state index contributed by atoms with van der Waals surface area (Å²) in [5, 5.41) is 5.18. The van der Waals surface area contributed by atoms with Gasteiger partial charge in [0.2, 0.25) is 0 Å². The van der Waals surface area contributed by atoms with Crippen LogP contribution in [0.3, 0.4) is 0 Å². The number of hydrogen-bond acceptors (Lipinski definition) is 1. The lowest BCUT2D eigenvalue weighted by atomic mass is 9.81. The molecule has 0 N–H and O–H groups in total. The van der Waals surface area contributed by atoms with Gasteiger partial charge in [-0.2, -0.15) is 0 Å². The van der Waals surface area contributed by atoms with Gasteiger partial charge in [0, 0.05) is 38.6 Å². The van der Waals surface area contributed by atoms with Crippen LogP contribution in [-0.4, -0.2) is 4.57 Å². The maximum Gasteiger partial charge on any atom is 0.0543 e. The monoisotopic (exact) mass is 744 g/mol.